The molecule has 0 aromatic heterocycles. The Morgan fingerprint density at radius 3 is 1.65 bits per heavy atom. The van der Waals surface area contributed by atoms with Crippen LogP contribution in [0.5, 0.6) is 23.0 Å². The van der Waals surface area contributed by atoms with Crippen molar-refractivity contribution < 1.29 is 142 Å². The summed E-state index contributed by atoms with van der Waals surface area (Å²) in [5, 5.41) is 27.3. The fourth-order valence-corrected chi connectivity index (χ4v) is 3.32. The van der Waals surface area contributed by atoms with Gasteiger partial charge in [0.25, 0.3) is 0 Å². The van der Waals surface area contributed by atoms with E-state index in [0.717, 1.165) is 0 Å². The minimum Gasteiger partial charge on any atom is -0.565 e. The first-order valence-electron chi connectivity index (χ1n) is 9.78. The van der Waals surface area contributed by atoms with Gasteiger partial charge in [0.1, 0.15) is 0 Å². The molecule has 0 bridgehead atoms. The van der Waals surface area contributed by atoms with E-state index in [4.69, 9.17) is 20.0 Å². The summed E-state index contributed by atoms with van der Waals surface area (Å²) in [5.41, 5.74) is 2.96. The van der Waals surface area contributed by atoms with Crippen LogP contribution >= 0.6 is 7.82 Å². The van der Waals surface area contributed by atoms with E-state index >= 15 is 0 Å². The van der Waals surface area contributed by atoms with Crippen LogP contribution in [-0.2, 0) is 112 Å². The van der Waals surface area contributed by atoms with Gasteiger partial charge in [0.05, 0.1) is 11.6 Å². The van der Waals surface area contributed by atoms with E-state index in [9.17, 15) is 19.3 Å². The molecular weight excluding hydrogens is 730 g/mol. The summed E-state index contributed by atoms with van der Waals surface area (Å²) in [6, 6.07) is 7.87. The number of aryl methyl sites for hydroxylation is 4. The average molecular weight is 756 g/mol. The van der Waals surface area contributed by atoms with Crippen molar-refractivity contribution in [3.63, 3.8) is 0 Å². The molecule has 0 fully saturated rings. The summed E-state index contributed by atoms with van der Waals surface area (Å²) in [7, 11) is -4.56. The molecule has 13 heteroatoms. The zero-order valence-electron chi connectivity index (χ0n) is 21.3. The van der Waals surface area contributed by atoms with E-state index in [-0.39, 0.29) is 133 Å². The van der Waals surface area contributed by atoms with E-state index < -0.39 is 7.82 Å². The van der Waals surface area contributed by atoms with Gasteiger partial charge >= 0.3 is 7.82 Å². The van der Waals surface area contributed by atoms with Gasteiger partial charge in [-0.2, -0.15) is 0 Å². The molecule has 1 aliphatic carbocycles. The predicted molar refractivity (Wildman–Crippen MR) is 123 cm³/mol. The van der Waals surface area contributed by atoms with Crippen LogP contribution in [0.4, 0.5) is 0 Å². The Labute approximate surface area is 292 Å². The number of phenols is 3. The molecule has 2 aromatic rings. The molecule has 3 radical (unpaired) electrons. The van der Waals surface area contributed by atoms with Gasteiger partial charge in [0, 0.05) is 121 Å². The van der Waals surface area contributed by atoms with Crippen LogP contribution in [0.3, 0.4) is 0 Å². The number of carbonyl (C=O) groups excluding carboxylic acids is 2. The minimum atomic E-state index is -4.56. The molecular formula is C24H26O9PY3-3. The van der Waals surface area contributed by atoms with E-state index in [1.807, 2.05) is 0 Å². The number of phenolic OH excluding ortho intramolecular Hbond substituents is 3. The summed E-state index contributed by atoms with van der Waals surface area (Å²) in [6.45, 7) is 9.77. The number of allylic oxidation sites excluding steroid dienone is 4. The monoisotopic (exact) mass is 756 g/mol. The molecule has 5 N–H and O–H groups in total. The number of Topliss-reactive ketones (excluding diaryl/α,β-unsaturated/α-hetero) is 1. The molecule has 0 aliphatic heterocycles. The van der Waals surface area contributed by atoms with Crippen LogP contribution in [-0.4, -0.2) is 36.7 Å². The normalized spacial score (nSPS) is 12.0. The first-order chi connectivity index (χ1) is 15.5. The van der Waals surface area contributed by atoms with Crippen LogP contribution in [0.15, 0.2) is 29.4 Å². The summed E-state index contributed by atoms with van der Waals surface area (Å²) in [4.78, 5) is 38.8. The largest absolute Gasteiger partial charge is 0.565 e. The van der Waals surface area contributed by atoms with E-state index in [2.05, 4.69) is 22.7 Å². The van der Waals surface area contributed by atoms with Crippen molar-refractivity contribution in [3.05, 3.63) is 69.8 Å². The van der Waals surface area contributed by atoms with E-state index in [1.165, 1.54) is 25.1 Å². The zero-order chi connectivity index (χ0) is 26.4. The Hall–Kier alpha value is -0.0783. The molecule has 0 atom stereocenters. The van der Waals surface area contributed by atoms with Gasteiger partial charge in [0.2, 0.25) is 0 Å². The topological polar surface area (TPSA) is 162 Å². The fraction of sp³-hybridized carbons (Fsp3) is 0.250. The molecule has 0 unspecified atom stereocenters. The minimum absolute atomic E-state index is 0. The summed E-state index contributed by atoms with van der Waals surface area (Å²) >= 11 is 0. The average Bonchev–Trinajstić information content (AvgIpc) is 2.67. The maximum absolute atomic E-state index is 11.0. The van der Waals surface area contributed by atoms with Crippen LogP contribution in [0.2, 0.25) is 0 Å². The third-order valence-electron chi connectivity index (χ3n) is 4.33. The van der Waals surface area contributed by atoms with Gasteiger partial charge < -0.3 is 29.4 Å². The standard InChI is InChI=1S/C8H10O5P.C8H9O2.C8H7O2.3Y/c1-5-3-7(9)4-6(2)8(5)13-14(10,11)12;2*1-5-3-7(9)4-6(2)8(5)10;;;/h3,9H,1-2H3,(H2,10,11,12);3,9-10H,1-2H3;3H,1-2H3;;;/q3*-1;;;. The van der Waals surface area contributed by atoms with Crippen molar-refractivity contribution in [2.24, 2.45) is 0 Å². The number of aromatic hydroxyl groups is 3. The Balaban J connectivity index is -0.000000459. The second-order valence-corrected chi connectivity index (χ2v) is 8.62. The number of phosphoric acid groups is 1. The van der Waals surface area contributed by atoms with Gasteiger partial charge in [-0.25, -0.2) is 4.57 Å². The first-order valence-corrected chi connectivity index (χ1v) is 11.3. The summed E-state index contributed by atoms with van der Waals surface area (Å²) < 4.78 is 15.0. The third-order valence-corrected chi connectivity index (χ3v) is 4.75. The van der Waals surface area contributed by atoms with Crippen molar-refractivity contribution in [1.29, 1.82) is 0 Å². The van der Waals surface area contributed by atoms with Gasteiger partial charge in [-0.05, 0) is 0 Å². The molecule has 0 amide bonds. The molecule has 9 nitrogen and oxygen atoms in total. The van der Waals surface area contributed by atoms with Crippen LogP contribution < -0.4 is 4.52 Å². The molecule has 1 aliphatic rings. The Morgan fingerprint density at radius 2 is 1.24 bits per heavy atom. The summed E-state index contributed by atoms with van der Waals surface area (Å²) in [5.74, 6) is -0.0472. The molecule has 37 heavy (non-hydrogen) atoms. The number of phosphoric ester groups is 1. The van der Waals surface area contributed by atoms with Gasteiger partial charge in [-0.15, -0.1) is 69.8 Å². The first kappa shape index (κ1) is 41.4. The number of ketones is 2. The fourth-order valence-electron chi connectivity index (χ4n) is 2.80. The van der Waals surface area contributed by atoms with Gasteiger partial charge in [-0.1, -0.05) is 41.5 Å². The van der Waals surface area contributed by atoms with Crippen molar-refractivity contribution in [1.82, 2.24) is 0 Å². The van der Waals surface area contributed by atoms with Crippen molar-refractivity contribution in [3.8, 4) is 23.0 Å². The zero-order valence-corrected chi connectivity index (χ0v) is 30.7. The molecule has 2 aromatic carbocycles. The van der Waals surface area contributed by atoms with E-state index in [0.29, 0.717) is 33.4 Å². The molecule has 0 heterocycles. The van der Waals surface area contributed by atoms with Crippen molar-refractivity contribution >= 4 is 19.4 Å². The third kappa shape index (κ3) is 14.8. The molecule has 193 valence electrons. The summed E-state index contributed by atoms with van der Waals surface area (Å²) in [6.07, 6.45) is 3.71. The van der Waals surface area contributed by atoms with E-state index in [1.54, 1.807) is 34.6 Å². The Kier molecular flexibility index (Phi) is 20.5. The quantitative estimate of drug-likeness (QED) is 0.134. The van der Waals surface area contributed by atoms with Crippen molar-refractivity contribution in [2.45, 2.75) is 41.5 Å². The van der Waals surface area contributed by atoms with Gasteiger partial charge in [0.15, 0.2) is 0 Å². The number of rotatable bonds is 2. The SMILES string of the molecule is CC1=[C-]C(=O)C=C(C)C1=O.Cc1[c-]c(O)cc(C)c1O.Cc1[c-]c(O)cc(C)c1OP(=O)(O)O.[Y].[Y].[Y]. The van der Waals surface area contributed by atoms with Crippen LogP contribution in [0.25, 0.3) is 0 Å². The maximum Gasteiger partial charge on any atom is 0.512 e. The van der Waals surface area contributed by atoms with Crippen LogP contribution in [0, 0.1) is 45.9 Å². The number of hydrogen-bond acceptors (Lipinski definition) is 7. The molecule has 0 saturated heterocycles. The second-order valence-electron chi connectivity index (χ2n) is 7.46. The number of benzene rings is 2. The number of carbonyl (C=O) groups is 2. The molecule has 0 spiro atoms. The van der Waals surface area contributed by atoms with Crippen LogP contribution in [0.1, 0.15) is 36.1 Å². The Morgan fingerprint density at radius 1 is 0.784 bits per heavy atom. The smallest absolute Gasteiger partial charge is 0.512 e. The maximum atomic E-state index is 11.0. The Bertz CT molecular complexity index is 1150. The molecule has 0 saturated carbocycles. The second kappa shape index (κ2) is 18.3. The van der Waals surface area contributed by atoms with Crippen molar-refractivity contribution in [2.75, 3.05) is 0 Å². The predicted octanol–water partition coefficient (Wildman–Crippen LogP) is 3.62. The molecule has 3 rings (SSSR count). The van der Waals surface area contributed by atoms with Gasteiger partial charge in [-0.3, -0.25) is 9.79 Å². The number of hydrogen-bond donors (Lipinski definition) is 5.